The molecule has 0 aliphatic carbocycles. The van der Waals surface area contributed by atoms with E-state index in [1.54, 1.807) is 50.2 Å². The van der Waals surface area contributed by atoms with E-state index < -0.39 is 12.1 Å². The van der Waals surface area contributed by atoms with Crippen molar-refractivity contribution in [1.29, 1.82) is 0 Å². The molecule has 1 aliphatic rings. The molecule has 0 saturated heterocycles. The average molecular weight is 430 g/mol. The van der Waals surface area contributed by atoms with Gasteiger partial charge in [0.2, 0.25) is 11.8 Å². The second-order valence-corrected chi connectivity index (χ2v) is 7.27. The Balaban J connectivity index is 1.65. The maximum Gasteiger partial charge on any atom is 0.250 e. The molecule has 2 N–H and O–H groups in total. The van der Waals surface area contributed by atoms with Gasteiger partial charge in [0.05, 0.1) is 23.8 Å². The number of fused-ring (bicyclic) bond motifs is 8. The maximum atomic E-state index is 12.9. The number of hydrogen-bond donors (Lipinski definition) is 2. The first-order chi connectivity index (χ1) is 15.5. The van der Waals surface area contributed by atoms with E-state index in [0.29, 0.717) is 34.4 Å². The normalized spacial score (nSPS) is 18.3. The quantitative estimate of drug-likeness (QED) is 0.429. The lowest BCUT2D eigenvalue weighted by Gasteiger charge is -2.17. The standard InChI is InChI=1S/C20H18N10O2/c1-11-19(31)25-17-7-4-6-14(24-17)16-10-22-28-30(16)12(2)20(32)26-18-8-3-5-13(23-18)15-9-21-27-29(11)15/h3-12H,1-2H3,(H,24,25,31)(H,23,26,32)/t11-,12-/m1/s1. The topological polar surface area (TPSA) is 145 Å². The van der Waals surface area contributed by atoms with Crippen molar-refractivity contribution < 1.29 is 9.59 Å². The Morgan fingerprint density at radius 3 is 1.59 bits per heavy atom. The van der Waals surface area contributed by atoms with Crippen molar-refractivity contribution in [3.63, 3.8) is 0 Å². The zero-order chi connectivity index (χ0) is 22.2. The van der Waals surface area contributed by atoms with E-state index in [1.807, 2.05) is 0 Å². The van der Waals surface area contributed by atoms with Crippen LogP contribution in [0.5, 0.6) is 0 Å². The van der Waals surface area contributed by atoms with Crippen LogP contribution in [0.2, 0.25) is 0 Å². The van der Waals surface area contributed by atoms with Crippen LogP contribution in [0.25, 0.3) is 22.8 Å². The van der Waals surface area contributed by atoms with Gasteiger partial charge in [-0.05, 0) is 38.1 Å². The van der Waals surface area contributed by atoms with E-state index in [4.69, 9.17) is 0 Å². The Labute approximate surface area is 181 Å². The highest BCUT2D eigenvalue weighted by atomic mass is 16.2. The molecule has 4 aromatic rings. The summed E-state index contributed by atoms with van der Waals surface area (Å²) in [4.78, 5) is 34.9. The molecule has 2 atom stereocenters. The largest absolute Gasteiger partial charge is 0.309 e. The van der Waals surface area contributed by atoms with E-state index in [1.165, 1.54) is 21.8 Å². The first kappa shape index (κ1) is 19.5. The summed E-state index contributed by atoms with van der Waals surface area (Å²) in [5.74, 6) is 0.0482. The summed E-state index contributed by atoms with van der Waals surface area (Å²) in [6, 6.07) is 8.97. The van der Waals surface area contributed by atoms with Crippen LogP contribution in [0.4, 0.5) is 11.6 Å². The molecule has 160 valence electrons. The first-order valence-corrected chi connectivity index (χ1v) is 9.88. The number of anilines is 2. The summed E-state index contributed by atoms with van der Waals surface area (Å²) < 4.78 is 2.95. The van der Waals surface area contributed by atoms with E-state index in [-0.39, 0.29) is 11.8 Å². The van der Waals surface area contributed by atoms with Crippen LogP contribution < -0.4 is 10.6 Å². The van der Waals surface area contributed by atoms with Gasteiger partial charge in [0.15, 0.2) is 0 Å². The molecule has 32 heavy (non-hydrogen) atoms. The maximum absolute atomic E-state index is 12.9. The number of pyridine rings is 2. The van der Waals surface area contributed by atoms with Crippen molar-refractivity contribution in [3.05, 3.63) is 48.8 Å². The Morgan fingerprint density at radius 2 is 1.16 bits per heavy atom. The summed E-state index contributed by atoms with van der Waals surface area (Å²) >= 11 is 0. The number of aromatic nitrogens is 8. The average Bonchev–Trinajstić information content (AvgIpc) is 3.48. The molecule has 0 aromatic carbocycles. The van der Waals surface area contributed by atoms with Gasteiger partial charge in [-0.15, -0.1) is 10.2 Å². The van der Waals surface area contributed by atoms with Crippen molar-refractivity contribution in [2.24, 2.45) is 0 Å². The Morgan fingerprint density at radius 1 is 0.719 bits per heavy atom. The molecule has 2 amide bonds. The Kier molecular flexibility index (Phi) is 4.66. The van der Waals surface area contributed by atoms with Crippen LogP contribution >= 0.6 is 0 Å². The summed E-state index contributed by atoms with van der Waals surface area (Å²) in [6.07, 6.45) is 3.04. The van der Waals surface area contributed by atoms with Gasteiger partial charge in [0.25, 0.3) is 0 Å². The number of rotatable bonds is 0. The number of nitrogens with zero attached hydrogens (tertiary/aromatic N) is 8. The van der Waals surface area contributed by atoms with Crippen LogP contribution in [-0.4, -0.2) is 51.8 Å². The highest BCUT2D eigenvalue weighted by Crippen LogP contribution is 2.25. The number of carbonyl (C=O) groups is 2. The molecule has 0 spiro atoms. The molecule has 5 rings (SSSR count). The van der Waals surface area contributed by atoms with Gasteiger partial charge in [-0.25, -0.2) is 19.3 Å². The van der Waals surface area contributed by atoms with Crippen LogP contribution in [0.3, 0.4) is 0 Å². The van der Waals surface area contributed by atoms with Crippen molar-refractivity contribution in [1.82, 2.24) is 40.0 Å². The van der Waals surface area contributed by atoms with Crippen LogP contribution in [-0.2, 0) is 9.59 Å². The monoisotopic (exact) mass is 430 g/mol. The van der Waals surface area contributed by atoms with Gasteiger partial charge in [0.1, 0.15) is 35.1 Å². The van der Waals surface area contributed by atoms with Crippen molar-refractivity contribution in [2.45, 2.75) is 25.9 Å². The molecule has 0 unspecified atom stereocenters. The van der Waals surface area contributed by atoms with E-state index in [0.717, 1.165) is 0 Å². The molecule has 0 saturated carbocycles. The third-order valence-electron chi connectivity index (χ3n) is 5.17. The SMILES string of the molecule is C[C@@H]1C(=O)Nc2cccc(n2)-c2cnnn2[C@H](C)C(=O)Nc2cccc(n2)-c2cnnn21. The lowest BCUT2D eigenvalue weighted by Crippen LogP contribution is -2.27. The van der Waals surface area contributed by atoms with Gasteiger partial charge < -0.3 is 10.6 Å². The predicted octanol–water partition coefficient (Wildman–Crippen LogP) is 1.71. The number of nitrogens with one attached hydrogen (secondary N) is 2. The molecule has 5 heterocycles. The van der Waals surface area contributed by atoms with Gasteiger partial charge in [-0.2, -0.15) is 0 Å². The third-order valence-corrected chi connectivity index (χ3v) is 5.17. The van der Waals surface area contributed by atoms with Crippen LogP contribution in [0.1, 0.15) is 25.9 Å². The predicted molar refractivity (Wildman–Crippen MR) is 113 cm³/mol. The van der Waals surface area contributed by atoms with Crippen molar-refractivity contribution >= 4 is 23.5 Å². The second kappa shape index (κ2) is 7.65. The fourth-order valence-corrected chi connectivity index (χ4v) is 3.40. The van der Waals surface area contributed by atoms with E-state index in [9.17, 15) is 9.59 Å². The smallest absolute Gasteiger partial charge is 0.250 e. The first-order valence-electron chi connectivity index (χ1n) is 9.88. The fraction of sp³-hybridized carbons (Fsp3) is 0.200. The summed E-state index contributed by atoms with van der Waals surface area (Å²) in [6.45, 7) is 3.40. The van der Waals surface area contributed by atoms with E-state index in [2.05, 4.69) is 41.2 Å². The van der Waals surface area contributed by atoms with Crippen molar-refractivity contribution in [2.75, 3.05) is 10.6 Å². The molecular formula is C20H18N10O2. The van der Waals surface area contributed by atoms with Crippen molar-refractivity contribution in [3.8, 4) is 22.8 Å². The van der Waals surface area contributed by atoms with Gasteiger partial charge in [-0.3, -0.25) is 9.59 Å². The van der Waals surface area contributed by atoms with Crippen LogP contribution in [0, 0.1) is 0 Å². The van der Waals surface area contributed by atoms with Gasteiger partial charge in [-0.1, -0.05) is 22.6 Å². The number of amides is 2. The number of hydrogen-bond acceptors (Lipinski definition) is 8. The minimum Gasteiger partial charge on any atom is -0.309 e. The molecule has 0 radical (unpaired) electrons. The lowest BCUT2D eigenvalue weighted by molar-refractivity contribution is -0.119. The summed E-state index contributed by atoms with van der Waals surface area (Å²) in [7, 11) is 0. The van der Waals surface area contributed by atoms with Crippen LogP contribution in [0.15, 0.2) is 48.8 Å². The molecule has 4 bridgehead atoms. The Bertz CT molecular complexity index is 1230. The molecule has 1 aliphatic heterocycles. The summed E-state index contributed by atoms with van der Waals surface area (Å²) in [5, 5.41) is 21.6. The fourth-order valence-electron chi connectivity index (χ4n) is 3.40. The molecule has 12 nitrogen and oxygen atoms in total. The van der Waals surface area contributed by atoms with E-state index >= 15 is 0 Å². The van der Waals surface area contributed by atoms with Gasteiger partial charge in [0, 0.05) is 0 Å². The zero-order valence-corrected chi connectivity index (χ0v) is 17.2. The molecular weight excluding hydrogens is 412 g/mol. The molecule has 0 fully saturated rings. The third kappa shape index (κ3) is 3.37. The highest BCUT2D eigenvalue weighted by Gasteiger charge is 2.24. The molecule has 4 aromatic heterocycles. The second-order valence-electron chi connectivity index (χ2n) is 7.27. The minimum atomic E-state index is -0.696. The number of carbonyl (C=O) groups excluding carboxylic acids is 2. The zero-order valence-electron chi connectivity index (χ0n) is 17.2. The Hall–Kier alpha value is -4.48. The minimum absolute atomic E-state index is 0.321. The molecule has 12 heteroatoms. The highest BCUT2D eigenvalue weighted by molar-refractivity contribution is 5.94. The van der Waals surface area contributed by atoms with Gasteiger partial charge >= 0.3 is 0 Å². The lowest BCUT2D eigenvalue weighted by atomic mass is 10.2. The summed E-state index contributed by atoms with van der Waals surface area (Å²) in [5.41, 5.74) is 2.08.